The van der Waals surface area contributed by atoms with Crippen LogP contribution in [-0.2, 0) is 17.9 Å². The number of benzene rings is 2. The van der Waals surface area contributed by atoms with Crippen LogP contribution in [0.4, 0.5) is 5.69 Å². The van der Waals surface area contributed by atoms with E-state index in [4.69, 9.17) is 9.47 Å². The smallest absolute Gasteiger partial charge is 0.263 e. The predicted molar refractivity (Wildman–Crippen MR) is 143 cm³/mol. The van der Waals surface area contributed by atoms with Crippen LogP contribution >= 0.6 is 0 Å². The molecule has 10 heteroatoms. The van der Waals surface area contributed by atoms with E-state index in [9.17, 15) is 14.4 Å². The largest absolute Gasteiger partial charge is 0.454 e. The van der Waals surface area contributed by atoms with Gasteiger partial charge < -0.3 is 19.7 Å². The van der Waals surface area contributed by atoms with Gasteiger partial charge in [0.1, 0.15) is 0 Å². The highest BCUT2D eigenvalue weighted by molar-refractivity contribution is 6.23. The number of amides is 3. The molecular weight excluding hydrogens is 498 g/mol. The Bertz CT molecular complexity index is 1460. The van der Waals surface area contributed by atoms with Gasteiger partial charge in [-0.2, -0.15) is 5.10 Å². The van der Waals surface area contributed by atoms with Gasteiger partial charge in [-0.3, -0.25) is 24.0 Å². The van der Waals surface area contributed by atoms with Gasteiger partial charge in [0.15, 0.2) is 11.5 Å². The maximum absolute atomic E-state index is 13.6. The van der Waals surface area contributed by atoms with Crippen molar-refractivity contribution in [3.05, 3.63) is 70.5 Å². The third-order valence-corrected chi connectivity index (χ3v) is 7.61. The highest BCUT2D eigenvalue weighted by Crippen LogP contribution is 2.36. The standard InChI is InChI=1S/C29H31N5O5/c1-18-13-19(2)34(31-18)12-10-30-27(35)21-5-4-11-32(16-21)23-7-3-6-22-26(23)29(37)33(28(22)36)15-20-8-9-24-25(14-20)39-17-38-24/h3,6-9,13-14,21H,4-5,10-12,15-17H2,1-2H3,(H,30,35). The summed E-state index contributed by atoms with van der Waals surface area (Å²) < 4.78 is 12.7. The molecule has 3 aliphatic heterocycles. The summed E-state index contributed by atoms with van der Waals surface area (Å²) in [5, 5.41) is 7.50. The van der Waals surface area contributed by atoms with Crippen molar-refractivity contribution in [3.8, 4) is 11.5 Å². The molecule has 39 heavy (non-hydrogen) atoms. The van der Waals surface area contributed by atoms with Crippen LogP contribution in [0, 0.1) is 19.8 Å². The van der Waals surface area contributed by atoms with E-state index >= 15 is 0 Å². The zero-order chi connectivity index (χ0) is 27.1. The molecule has 1 N–H and O–H groups in total. The summed E-state index contributed by atoms with van der Waals surface area (Å²) in [4.78, 5) is 43.2. The van der Waals surface area contributed by atoms with E-state index in [2.05, 4.69) is 15.3 Å². The number of fused-ring (bicyclic) bond motifs is 2. The fraction of sp³-hybridized carbons (Fsp3) is 0.379. The number of aryl methyl sites for hydroxylation is 2. The highest BCUT2D eigenvalue weighted by Gasteiger charge is 2.39. The monoisotopic (exact) mass is 529 g/mol. The third-order valence-electron chi connectivity index (χ3n) is 7.61. The van der Waals surface area contributed by atoms with Gasteiger partial charge in [-0.15, -0.1) is 0 Å². The molecule has 202 valence electrons. The molecule has 0 radical (unpaired) electrons. The minimum absolute atomic E-state index is 0.000597. The van der Waals surface area contributed by atoms with Crippen LogP contribution in [0.25, 0.3) is 0 Å². The quantitative estimate of drug-likeness (QED) is 0.469. The van der Waals surface area contributed by atoms with Crippen molar-refractivity contribution in [2.24, 2.45) is 5.92 Å². The van der Waals surface area contributed by atoms with Crippen molar-refractivity contribution in [2.75, 3.05) is 31.3 Å². The first-order valence-electron chi connectivity index (χ1n) is 13.3. The Hall–Kier alpha value is -4.34. The van der Waals surface area contributed by atoms with Crippen LogP contribution in [0.15, 0.2) is 42.5 Å². The number of piperidine rings is 1. The molecule has 1 atom stereocenters. The van der Waals surface area contributed by atoms with Gasteiger partial charge in [0.05, 0.1) is 41.5 Å². The van der Waals surface area contributed by atoms with Gasteiger partial charge in [-0.25, -0.2) is 0 Å². The Labute approximate surface area is 226 Å². The summed E-state index contributed by atoms with van der Waals surface area (Å²) in [5.74, 6) is 0.424. The van der Waals surface area contributed by atoms with E-state index < -0.39 is 0 Å². The molecule has 0 bridgehead atoms. The SMILES string of the molecule is Cc1cc(C)n(CCNC(=O)C2CCCN(c3cccc4c3C(=O)N(Cc3ccc5c(c3)OCO5)C4=O)C2)n1. The number of hydrogen-bond acceptors (Lipinski definition) is 7. The van der Waals surface area contributed by atoms with Gasteiger partial charge in [0, 0.05) is 25.3 Å². The number of imide groups is 1. The Kier molecular flexibility index (Phi) is 6.46. The topological polar surface area (TPSA) is 106 Å². The van der Waals surface area contributed by atoms with Gasteiger partial charge >= 0.3 is 0 Å². The minimum atomic E-state index is -0.320. The highest BCUT2D eigenvalue weighted by atomic mass is 16.7. The van der Waals surface area contributed by atoms with E-state index in [1.807, 2.05) is 42.8 Å². The molecule has 0 aliphatic carbocycles. The molecular formula is C29H31N5O5. The second-order valence-corrected chi connectivity index (χ2v) is 10.3. The van der Waals surface area contributed by atoms with Crippen molar-refractivity contribution >= 4 is 23.4 Å². The number of rotatable bonds is 7. The van der Waals surface area contributed by atoms with Crippen LogP contribution in [0.1, 0.15) is 50.5 Å². The third kappa shape index (κ3) is 4.71. The zero-order valence-electron chi connectivity index (χ0n) is 22.1. The summed E-state index contributed by atoms with van der Waals surface area (Å²) in [6, 6.07) is 12.8. The van der Waals surface area contributed by atoms with Crippen LogP contribution in [0.2, 0.25) is 0 Å². The molecule has 3 aliphatic rings. The number of anilines is 1. The molecule has 6 rings (SSSR count). The van der Waals surface area contributed by atoms with E-state index in [-0.39, 0.29) is 37.0 Å². The van der Waals surface area contributed by atoms with Crippen molar-refractivity contribution in [1.82, 2.24) is 20.0 Å². The lowest BCUT2D eigenvalue weighted by Crippen LogP contribution is -2.44. The molecule has 3 aromatic rings. The van der Waals surface area contributed by atoms with Crippen LogP contribution in [-0.4, -0.2) is 58.8 Å². The summed E-state index contributed by atoms with van der Waals surface area (Å²) in [6.45, 7) is 6.58. The summed E-state index contributed by atoms with van der Waals surface area (Å²) in [5.41, 5.74) is 4.32. The van der Waals surface area contributed by atoms with Gasteiger partial charge in [-0.1, -0.05) is 12.1 Å². The summed E-state index contributed by atoms with van der Waals surface area (Å²) in [7, 11) is 0. The predicted octanol–water partition coefficient (Wildman–Crippen LogP) is 3.06. The second kappa shape index (κ2) is 10.1. The maximum atomic E-state index is 13.6. The number of aromatic nitrogens is 2. The lowest BCUT2D eigenvalue weighted by Gasteiger charge is -2.34. The molecule has 3 amide bonds. The van der Waals surface area contributed by atoms with E-state index in [0.29, 0.717) is 47.9 Å². The molecule has 1 saturated heterocycles. The van der Waals surface area contributed by atoms with Gasteiger partial charge in [-0.05, 0) is 62.6 Å². The van der Waals surface area contributed by atoms with Crippen LogP contribution < -0.4 is 19.7 Å². The van der Waals surface area contributed by atoms with E-state index in [1.165, 1.54) is 4.90 Å². The Morgan fingerprint density at radius 2 is 1.92 bits per heavy atom. The van der Waals surface area contributed by atoms with Crippen molar-refractivity contribution in [2.45, 2.75) is 39.8 Å². The second-order valence-electron chi connectivity index (χ2n) is 10.3. The van der Waals surface area contributed by atoms with E-state index in [0.717, 1.165) is 36.3 Å². The fourth-order valence-electron chi connectivity index (χ4n) is 5.69. The average Bonchev–Trinajstić information content (AvgIpc) is 3.61. The number of nitrogens with zero attached hydrogens (tertiary/aromatic N) is 4. The zero-order valence-corrected chi connectivity index (χ0v) is 22.1. The minimum Gasteiger partial charge on any atom is -0.454 e. The molecule has 1 aromatic heterocycles. The first kappa shape index (κ1) is 25.0. The molecule has 0 spiro atoms. The number of carbonyl (C=O) groups is 3. The molecule has 0 saturated carbocycles. The fourth-order valence-corrected chi connectivity index (χ4v) is 5.69. The number of hydrogen-bond donors (Lipinski definition) is 1. The Balaban J connectivity index is 1.14. The van der Waals surface area contributed by atoms with Crippen LogP contribution in [0.3, 0.4) is 0 Å². The number of ether oxygens (including phenoxy) is 2. The first-order valence-corrected chi connectivity index (χ1v) is 13.3. The molecule has 2 aromatic carbocycles. The van der Waals surface area contributed by atoms with Crippen molar-refractivity contribution < 1.29 is 23.9 Å². The Morgan fingerprint density at radius 3 is 2.74 bits per heavy atom. The number of carbonyl (C=O) groups excluding carboxylic acids is 3. The molecule has 1 fully saturated rings. The lowest BCUT2D eigenvalue weighted by atomic mass is 9.95. The molecule has 10 nitrogen and oxygen atoms in total. The molecule has 1 unspecified atom stereocenters. The summed E-state index contributed by atoms with van der Waals surface area (Å²) >= 11 is 0. The Morgan fingerprint density at radius 1 is 1.08 bits per heavy atom. The van der Waals surface area contributed by atoms with Crippen molar-refractivity contribution in [3.63, 3.8) is 0 Å². The van der Waals surface area contributed by atoms with Gasteiger partial charge in [0.25, 0.3) is 11.8 Å². The normalized spacial score (nSPS) is 18.1. The van der Waals surface area contributed by atoms with Crippen molar-refractivity contribution in [1.29, 1.82) is 0 Å². The lowest BCUT2D eigenvalue weighted by molar-refractivity contribution is -0.125. The van der Waals surface area contributed by atoms with Crippen LogP contribution in [0.5, 0.6) is 11.5 Å². The van der Waals surface area contributed by atoms with Gasteiger partial charge in [0.2, 0.25) is 12.7 Å². The summed E-state index contributed by atoms with van der Waals surface area (Å²) in [6.07, 6.45) is 1.60. The maximum Gasteiger partial charge on any atom is 0.263 e. The molecule has 4 heterocycles. The van der Waals surface area contributed by atoms with E-state index in [1.54, 1.807) is 18.2 Å². The average molecular weight is 530 g/mol. The first-order chi connectivity index (χ1) is 18.9. The number of nitrogens with one attached hydrogen (secondary N) is 1.